The van der Waals surface area contributed by atoms with E-state index in [4.69, 9.17) is 0 Å². The molecule has 0 saturated carbocycles. The van der Waals surface area contributed by atoms with Crippen LogP contribution in [-0.2, 0) is 4.79 Å². The number of nitrogens with zero attached hydrogens (tertiary/aromatic N) is 1. The second-order valence-electron chi connectivity index (χ2n) is 4.59. The molecule has 0 fully saturated rings. The molecule has 0 heterocycles. The molecule has 82 valence electrons. The minimum Gasteiger partial charge on any atom is -0.315 e. The van der Waals surface area contributed by atoms with Crippen molar-refractivity contribution in [2.45, 2.75) is 20.8 Å². The van der Waals surface area contributed by atoms with Gasteiger partial charge in [-0.15, -0.1) is 0 Å². The average molecular weight is 270 g/mol. The van der Waals surface area contributed by atoms with Gasteiger partial charge in [-0.1, -0.05) is 36.7 Å². The summed E-state index contributed by atoms with van der Waals surface area (Å²) in [6, 6.07) is 7.71. The summed E-state index contributed by atoms with van der Waals surface area (Å²) >= 11 is 3.37. The first-order chi connectivity index (χ1) is 6.82. The lowest BCUT2D eigenvalue weighted by Crippen LogP contribution is -2.36. The third-order valence-electron chi connectivity index (χ3n) is 2.16. The van der Waals surface area contributed by atoms with Gasteiger partial charge in [0.1, 0.15) is 0 Å². The van der Waals surface area contributed by atoms with Crippen molar-refractivity contribution in [2.24, 2.45) is 5.41 Å². The van der Waals surface area contributed by atoms with Gasteiger partial charge in [0.2, 0.25) is 5.91 Å². The van der Waals surface area contributed by atoms with Gasteiger partial charge in [0.25, 0.3) is 0 Å². The molecule has 1 aromatic carbocycles. The molecule has 1 aromatic rings. The number of amides is 1. The molecule has 2 nitrogen and oxygen atoms in total. The lowest BCUT2D eigenvalue weighted by molar-refractivity contribution is -0.125. The van der Waals surface area contributed by atoms with E-state index in [9.17, 15) is 4.79 Å². The highest BCUT2D eigenvalue weighted by Crippen LogP contribution is 2.23. The van der Waals surface area contributed by atoms with E-state index in [2.05, 4.69) is 15.9 Å². The third kappa shape index (κ3) is 3.06. The Hall–Kier alpha value is -0.830. The molecule has 3 heteroatoms. The first-order valence-electron chi connectivity index (χ1n) is 4.86. The zero-order valence-corrected chi connectivity index (χ0v) is 11.1. The molecular formula is C12H16BrNO. The van der Waals surface area contributed by atoms with Crippen molar-refractivity contribution in [1.82, 2.24) is 0 Å². The molecule has 0 unspecified atom stereocenters. The molecule has 1 amide bonds. The van der Waals surface area contributed by atoms with E-state index >= 15 is 0 Å². The summed E-state index contributed by atoms with van der Waals surface area (Å²) in [6.45, 7) is 5.76. The van der Waals surface area contributed by atoms with Gasteiger partial charge >= 0.3 is 0 Å². The Balaban J connectivity index is 2.90. The highest BCUT2D eigenvalue weighted by molar-refractivity contribution is 9.10. The second-order valence-corrected chi connectivity index (χ2v) is 5.51. The number of halogens is 1. The van der Waals surface area contributed by atoms with E-state index in [1.165, 1.54) is 0 Å². The van der Waals surface area contributed by atoms with E-state index in [0.717, 1.165) is 10.2 Å². The highest BCUT2D eigenvalue weighted by atomic mass is 79.9. The number of hydrogen-bond acceptors (Lipinski definition) is 1. The van der Waals surface area contributed by atoms with Gasteiger partial charge in [0.15, 0.2) is 0 Å². The number of carbonyl (C=O) groups excluding carboxylic acids is 1. The van der Waals surface area contributed by atoms with Crippen LogP contribution in [0, 0.1) is 5.41 Å². The van der Waals surface area contributed by atoms with Crippen molar-refractivity contribution in [3.8, 4) is 0 Å². The molecule has 0 spiro atoms. The number of rotatable bonds is 1. The number of benzene rings is 1. The zero-order chi connectivity index (χ0) is 11.6. The molecule has 0 aliphatic rings. The quantitative estimate of drug-likeness (QED) is 0.765. The Labute approximate surface area is 99.4 Å². The van der Waals surface area contributed by atoms with E-state index in [-0.39, 0.29) is 11.3 Å². The molecular weight excluding hydrogens is 254 g/mol. The SMILES string of the molecule is CN(C(=O)C(C)(C)C)c1ccc(Br)cc1. The molecule has 0 atom stereocenters. The largest absolute Gasteiger partial charge is 0.315 e. The van der Waals surface area contributed by atoms with Crippen molar-refractivity contribution in [2.75, 3.05) is 11.9 Å². The van der Waals surface area contributed by atoms with Gasteiger partial charge in [-0.2, -0.15) is 0 Å². The molecule has 0 saturated heterocycles. The topological polar surface area (TPSA) is 20.3 Å². The van der Waals surface area contributed by atoms with Crippen molar-refractivity contribution < 1.29 is 4.79 Å². The van der Waals surface area contributed by atoms with E-state index < -0.39 is 0 Å². The Morgan fingerprint density at radius 3 is 2.07 bits per heavy atom. The highest BCUT2D eigenvalue weighted by Gasteiger charge is 2.25. The molecule has 0 aliphatic heterocycles. The van der Waals surface area contributed by atoms with Crippen LogP contribution in [0.5, 0.6) is 0 Å². The van der Waals surface area contributed by atoms with Crippen LogP contribution in [0.15, 0.2) is 28.7 Å². The monoisotopic (exact) mass is 269 g/mol. The normalized spacial score (nSPS) is 11.3. The van der Waals surface area contributed by atoms with Crippen LogP contribution in [0.1, 0.15) is 20.8 Å². The first-order valence-corrected chi connectivity index (χ1v) is 5.65. The summed E-state index contributed by atoms with van der Waals surface area (Å²) in [7, 11) is 1.80. The van der Waals surface area contributed by atoms with Crippen molar-refractivity contribution in [3.63, 3.8) is 0 Å². The van der Waals surface area contributed by atoms with E-state index in [0.29, 0.717) is 0 Å². The Morgan fingerprint density at radius 1 is 1.20 bits per heavy atom. The second kappa shape index (κ2) is 4.35. The van der Waals surface area contributed by atoms with E-state index in [1.54, 1.807) is 11.9 Å². The lowest BCUT2D eigenvalue weighted by Gasteiger charge is -2.26. The molecule has 0 radical (unpaired) electrons. The maximum atomic E-state index is 12.0. The van der Waals surface area contributed by atoms with Crippen LogP contribution in [0.25, 0.3) is 0 Å². The summed E-state index contributed by atoms with van der Waals surface area (Å²) in [6.07, 6.45) is 0. The summed E-state index contributed by atoms with van der Waals surface area (Å²) in [5.41, 5.74) is 0.570. The number of hydrogen-bond donors (Lipinski definition) is 0. The summed E-state index contributed by atoms with van der Waals surface area (Å²) in [5, 5.41) is 0. The van der Waals surface area contributed by atoms with Crippen LogP contribution >= 0.6 is 15.9 Å². The predicted molar refractivity (Wildman–Crippen MR) is 67.0 cm³/mol. The van der Waals surface area contributed by atoms with Crippen LogP contribution in [0.4, 0.5) is 5.69 Å². The van der Waals surface area contributed by atoms with Gasteiger partial charge in [-0.25, -0.2) is 0 Å². The summed E-state index contributed by atoms with van der Waals surface area (Å²) in [5.74, 6) is 0.116. The minimum atomic E-state index is -0.345. The van der Waals surface area contributed by atoms with Crippen molar-refractivity contribution in [1.29, 1.82) is 0 Å². The molecule has 0 aliphatic carbocycles. The Morgan fingerprint density at radius 2 is 1.67 bits per heavy atom. The van der Waals surface area contributed by atoms with Gasteiger partial charge in [-0.05, 0) is 24.3 Å². The van der Waals surface area contributed by atoms with Gasteiger partial charge < -0.3 is 4.90 Å². The van der Waals surface area contributed by atoms with Gasteiger partial charge in [-0.3, -0.25) is 4.79 Å². The smallest absolute Gasteiger partial charge is 0.232 e. The summed E-state index contributed by atoms with van der Waals surface area (Å²) in [4.78, 5) is 13.7. The number of anilines is 1. The lowest BCUT2D eigenvalue weighted by atomic mass is 9.95. The standard InChI is InChI=1S/C12H16BrNO/c1-12(2,3)11(15)14(4)10-7-5-9(13)6-8-10/h5-8H,1-4H3. The van der Waals surface area contributed by atoms with Crippen molar-refractivity contribution in [3.05, 3.63) is 28.7 Å². The molecule has 15 heavy (non-hydrogen) atoms. The van der Waals surface area contributed by atoms with Gasteiger partial charge in [0.05, 0.1) is 0 Å². The van der Waals surface area contributed by atoms with Crippen LogP contribution in [-0.4, -0.2) is 13.0 Å². The fraction of sp³-hybridized carbons (Fsp3) is 0.417. The third-order valence-corrected chi connectivity index (χ3v) is 2.69. The van der Waals surface area contributed by atoms with E-state index in [1.807, 2.05) is 45.0 Å². The summed E-state index contributed by atoms with van der Waals surface area (Å²) < 4.78 is 1.02. The average Bonchev–Trinajstić information content (AvgIpc) is 2.15. The fourth-order valence-electron chi connectivity index (χ4n) is 1.29. The minimum absolute atomic E-state index is 0.116. The maximum absolute atomic E-state index is 12.0. The molecule has 0 bridgehead atoms. The van der Waals surface area contributed by atoms with Crippen LogP contribution < -0.4 is 4.90 Å². The Bertz CT molecular complexity index is 351. The molecule has 0 N–H and O–H groups in total. The predicted octanol–water partition coefficient (Wildman–Crippen LogP) is 3.46. The fourth-order valence-corrected chi connectivity index (χ4v) is 1.55. The first kappa shape index (κ1) is 12.2. The zero-order valence-electron chi connectivity index (χ0n) is 9.54. The Kier molecular flexibility index (Phi) is 3.55. The molecule has 0 aromatic heterocycles. The van der Waals surface area contributed by atoms with Crippen LogP contribution in [0.3, 0.4) is 0 Å². The molecule has 1 rings (SSSR count). The van der Waals surface area contributed by atoms with Crippen LogP contribution in [0.2, 0.25) is 0 Å². The van der Waals surface area contributed by atoms with Gasteiger partial charge in [0, 0.05) is 22.6 Å². The number of carbonyl (C=O) groups is 1. The maximum Gasteiger partial charge on any atom is 0.232 e. The van der Waals surface area contributed by atoms with Crippen molar-refractivity contribution >= 4 is 27.5 Å².